The average Bonchev–Trinajstić information content (AvgIpc) is 2.84. The molecule has 0 aliphatic carbocycles. The lowest BCUT2D eigenvalue weighted by Gasteiger charge is -2.22. The van der Waals surface area contributed by atoms with Gasteiger partial charge in [0.15, 0.2) is 9.84 Å². The van der Waals surface area contributed by atoms with Crippen molar-refractivity contribution in [2.75, 3.05) is 16.8 Å². The molecule has 1 aliphatic rings. The summed E-state index contributed by atoms with van der Waals surface area (Å²) in [6, 6.07) is 3.40. The third-order valence-electron chi connectivity index (χ3n) is 3.72. The fourth-order valence-electron chi connectivity index (χ4n) is 2.45. The van der Waals surface area contributed by atoms with Gasteiger partial charge in [0.05, 0.1) is 11.5 Å². The van der Waals surface area contributed by atoms with E-state index in [1.54, 1.807) is 24.4 Å². The Morgan fingerprint density at radius 1 is 1.29 bits per heavy atom. The summed E-state index contributed by atoms with van der Waals surface area (Å²) < 4.78 is 22.8. The Kier molecular flexibility index (Phi) is 5.76. The number of carbonyl (C=O) groups is 2. The van der Waals surface area contributed by atoms with Gasteiger partial charge in [-0.05, 0) is 24.5 Å². The molecule has 2 rings (SSSR count). The normalized spacial score (nSPS) is 20.4. The molecule has 1 unspecified atom stereocenters. The van der Waals surface area contributed by atoms with Gasteiger partial charge in [-0.15, -0.1) is 0 Å². The predicted molar refractivity (Wildman–Crippen MR) is 90.2 cm³/mol. The number of urea groups is 1. The summed E-state index contributed by atoms with van der Waals surface area (Å²) >= 11 is 0. The zero-order chi connectivity index (χ0) is 17.7. The maximum absolute atomic E-state index is 12.3. The molecule has 1 fully saturated rings. The van der Waals surface area contributed by atoms with E-state index in [-0.39, 0.29) is 23.3 Å². The summed E-state index contributed by atoms with van der Waals surface area (Å²) in [7, 11) is -3.07. The van der Waals surface area contributed by atoms with Crippen LogP contribution >= 0.6 is 0 Å². The molecular formula is C15H22N4O4S. The van der Waals surface area contributed by atoms with E-state index in [1.165, 1.54) is 0 Å². The van der Waals surface area contributed by atoms with E-state index < -0.39 is 28.0 Å². The molecular weight excluding hydrogens is 332 g/mol. The molecule has 0 spiro atoms. The lowest BCUT2D eigenvalue weighted by molar-refractivity contribution is -0.118. The van der Waals surface area contributed by atoms with Crippen molar-refractivity contribution in [1.82, 2.24) is 15.6 Å². The summed E-state index contributed by atoms with van der Waals surface area (Å²) in [5.41, 5.74) is 0. The number of anilines is 1. The Hall–Kier alpha value is -2.16. The zero-order valence-electron chi connectivity index (χ0n) is 13.7. The quantitative estimate of drug-likeness (QED) is 0.713. The Bertz CT molecular complexity index is 691. The first-order valence-electron chi connectivity index (χ1n) is 7.76. The van der Waals surface area contributed by atoms with E-state index in [2.05, 4.69) is 20.9 Å². The van der Waals surface area contributed by atoms with Gasteiger partial charge in [0.1, 0.15) is 11.9 Å². The molecule has 1 aliphatic heterocycles. The summed E-state index contributed by atoms with van der Waals surface area (Å²) in [4.78, 5) is 28.4. The maximum atomic E-state index is 12.3. The molecule has 0 saturated carbocycles. The van der Waals surface area contributed by atoms with E-state index in [0.29, 0.717) is 12.2 Å². The van der Waals surface area contributed by atoms with Gasteiger partial charge in [0, 0.05) is 12.2 Å². The summed E-state index contributed by atoms with van der Waals surface area (Å²) in [5, 5.41) is 7.87. The van der Waals surface area contributed by atoms with Crippen LogP contribution in [0.2, 0.25) is 0 Å². The van der Waals surface area contributed by atoms with Crippen molar-refractivity contribution in [3.63, 3.8) is 0 Å². The van der Waals surface area contributed by atoms with E-state index in [4.69, 9.17) is 0 Å². The fraction of sp³-hybridized carbons (Fsp3) is 0.533. The summed E-state index contributed by atoms with van der Waals surface area (Å²) in [6.07, 6.45) is 1.95. The van der Waals surface area contributed by atoms with Crippen LogP contribution in [0, 0.1) is 5.92 Å². The molecule has 3 N–H and O–H groups in total. The monoisotopic (exact) mass is 354 g/mol. The third kappa shape index (κ3) is 5.19. The van der Waals surface area contributed by atoms with Crippen molar-refractivity contribution in [2.45, 2.75) is 32.4 Å². The maximum Gasteiger partial charge on any atom is 0.315 e. The number of sulfone groups is 1. The molecule has 8 nitrogen and oxygen atoms in total. The van der Waals surface area contributed by atoms with Gasteiger partial charge < -0.3 is 16.0 Å². The second-order valence-electron chi connectivity index (χ2n) is 6.14. The van der Waals surface area contributed by atoms with Crippen LogP contribution in [0.1, 0.15) is 20.3 Å². The molecule has 3 amide bonds. The highest BCUT2D eigenvalue weighted by Gasteiger charge is 2.30. The fourth-order valence-corrected chi connectivity index (χ4v) is 4.13. The van der Waals surface area contributed by atoms with Crippen molar-refractivity contribution in [1.29, 1.82) is 0 Å². The standard InChI is InChI=1S/C15H22N4O4S/c1-10(2)13(14(20)18-12-5-3-4-7-16-12)19-15(21)17-11-6-8-24(22,23)9-11/h3-5,7,10-11,13H,6,8-9H2,1-2H3,(H,16,18,20)(H2,17,19,21)/t11?,13-/m0/s1. The SMILES string of the molecule is CC(C)[C@H](NC(=O)NC1CCS(=O)(=O)C1)C(=O)Nc1ccccn1. The summed E-state index contributed by atoms with van der Waals surface area (Å²) in [6.45, 7) is 3.62. The van der Waals surface area contributed by atoms with Crippen molar-refractivity contribution in [3.8, 4) is 0 Å². The number of hydrogen-bond donors (Lipinski definition) is 3. The summed E-state index contributed by atoms with van der Waals surface area (Å²) in [5.74, 6) is -0.111. The van der Waals surface area contributed by atoms with Crippen LogP contribution in [0.25, 0.3) is 0 Å². The lowest BCUT2D eigenvalue weighted by Crippen LogP contribution is -2.52. The van der Waals surface area contributed by atoms with E-state index >= 15 is 0 Å². The first-order valence-corrected chi connectivity index (χ1v) is 9.58. The Morgan fingerprint density at radius 3 is 2.58 bits per heavy atom. The molecule has 2 heterocycles. The van der Waals surface area contributed by atoms with Crippen molar-refractivity contribution >= 4 is 27.6 Å². The van der Waals surface area contributed by atoms with Gasteiger partial charge in [-0.2, -0.15) is 0 Å². The number of hydrogen-bond acceptors (Lipinski definition) is 5. The molecule has 0 radical (unpaired) electrons. The number of carbonyl (C=O) groups excluding carboxylic acids is 2. The second kappa shape index (κ2) is 7.61. The van der Waals surface area contributed by atoms with Gasteiger partial charge >= 0.3 is 6.03 Å². The highest BCUT2D eigenvalue weighted by atomic mass is 32.2. The van der Waals surface area contributed by atoms with Gasteiger partial charge in [0.25, 0.3) is 0 Å². The van der Waals surface area contributed by atoms with E-state index in [1.807, 2.05) is 13.8 Å². The molecule has 1 aromatic heterocycles. The minimum absolute atomic E-state index is 0.0626. The van der Waals surface area contributed by atoms with Gasteiger partial charge in [-0.1, -0.05) is 19.9 Å². The number of amides is 3. The first kappa shape index (κ1) is 18.2. The van der Waals surface area contributed by atoms with Crippen molar-refractivity contribution < 1.29 is 18.0 Å². The highest BCUT2D eigenvalue weighted by molar-refractivity contribution is 7.91. The molecule has 0 bridgehead atoms. The van der Waals surface area contributed by atoms with Crippen molar-refractivity contribution in [3.05, 3.63) is 24.4 Å². The second-order valence-corrected chi connectivity index (χ2v) is 8.37. The minimum atomic E-state index is -3.07. The number of nitrogens with one attached hydrogen (secondary N) is 3. The lowest BCUT2D eigenvalue weighted by atomic mass is 10.0. The van der Waals surface area contributed by atoms with Crippen LogP contribution in [0.15, 0.2) is 24.4 Å². The molecule has 132 valence electrons. The Labute approximate surface area is 141 Å². The molecule has 24 heavy (non-hydrogen) atoms. The predicted octanol–water partition coefficient (Wildman–Crippen LogP) is 0.531. The van der Waals surface area contributed by atoms with Gasteiger partial charge in [-0.25, -0.2) is 18.2 Å². The Morgan fingerprint density at radius 2 is 2.04 bits per heavy atom. The Balaban J connectivity index is 1.93. The van der Waals surface area contributed by atoms with Crippen LogP contribution in [0.5, 0.6) is 0 Å². The molecule has 0 aromatic carbocycles. The molecule has 1 aromatic rings. The molecule has 9 heteroatoms. The van der Waals surface area contributed by atoms with Crippen LogP contribution < -0.4 is 16.0 Å². The van der Waals surface area contributed by atoms with Gasteiger partial charge in [0.2, 0.25) is 5.91 Å². The van der Waals surface area contributed by atoms with Crippen LogP contribution in [-0.4, -0.2) is 48.9 Å². The number of rotatable bonds is 5. The number of nitrogens with zero attached hydrogens (tertiary/aromatic N) is 1. The van der Waals surface area contributed by atoms with E-state index in [0.717, 1.165) is 0 Å². The number of pyridine rings is 1. The smallest absolute Gasteiger partial charge is 0.315 e. The van der Waals surface area contributed by atoms with E-state index in [9.17, 15) is 18.0 Å². The van der Waals surface area contributed by atoms with Gasteiger partial charge in [-0.3, -0.25) is 4.79 Å². The zero-order valence-corrected chi connectivity index (χ0v) is 14.5. The third-order valence-corrected chi connectivity index (χ3v) is 5.49. The minimum Gasteiger partial charge on any atom is -0.334 e. The highest BCUT2D eigenvalue weighted by Crippen LogP contribution is 2.11. The average molecular weight is 354 g/mol. The first-order chi connectivity index (χ1) is 11.3. The van der Waals surface area contributed by atoms with Crippen LogP contribution in [0.4, 0.5) is 10.6 Å². The molecule has 2 atom stereocenters. The topological polar surface area (TPSA) is 117 Å². The molecule has 1 saturated heterocycles. The van der Waals surface area contributed by atoms with Crippen LogP contribution in [0.3, 0.4) is 0 Å². The number of aromatic nitrogens is 1. The largest absolute Gasteiger partial charge is 0.334 e. The van der Waals surface area contributed by atoms with Crippen molar-refractivity contribution in [2.24, 2.45) is 5.92 Å². The van der Waals surface area contributed by atoms with Crippen LogP contribution in [-0.2, 0) is 14.6 Å².